The Bertz CT molecular complexity index is 482. The van der Waals surface area contributed by atoms with Crippen LogP contribution in [0.1, 0.15) is 29.6 Å². The van der Waals surface area contributed by atoms with Gasteiger partial charge in [0.1, 0.15) is 0 Å². The van der Waals surface area contributed by atoms with Gasteiger partial charge in [0.05, 0.1) is 0 Å². The highest BCUT2D eigenvalue weighted by molar-refractivity contribution is 14.1. The van der Waals surface area contributed by atoms with Crippen molar-refractivity contribution in [1.29, 1.82) is 0 Å². The summed E-state index contributed by atoms with van der Waals surface area (Å²) in [6.45, 7) is 0. The standard InChI is InChI=1S/C14H15IN2O/c15-13-8-4-7-12(9-13)14(18)17-16-10-11-5-2-1-3-6-11/h1-2,4,7-11H,3,5-6H2,(H,17,18)/b16-10-/t11-/m0/s1. The van der Waals surface area contributed by atoms with Crippen molar-refractivity contribution < 1.29 is 4.79 Å². The number of carbonyl (C=O) groups excluding carboxylic acids is 1. The smallest absolute Gasteiger partial charge is 0.267 e. The van der Waals surface area contributed by atoms with E-state index in [-0.39, 0.29) is 5.91 Å². The zero-order chi connectivity index (χ0) is 12.8. The summed E-state index contributed by atoms with van der Waals surface area (Å²) in [4.78, 5) is 11.8. The maximum atomic E-state index is 11.8. The molecular formula is C14H15IN2O. The van der Waals surface area contributed by atoms with E-state index < -0.39 is 0 Å². The normalized spacial score (nSPS) is 19.1. The van der Waals surface area contributed by atoms with Crippen molar-refractivity contribution in [1.82, 2.24) is 5.43 Å². The molecule has 2 rings (SSSR count). The zero-order valence-corrected chi connectivity index (χ0v) is 12.1. The van der Waals surface area contributed by atoms with Crippen molar-refractivity contribution in [3.8, 4) is 0 Å². The number of carbonyl (C=O) groups is 1. The SMILES string of the molecule is O=C(N/N=C\[C@H]1CC=CCC1)c1cccc(I)c1. The first kappa shape index (κ1) is 13.3. The molecule has 0 radical (unpaired) electrons. The van der Waals surface area contributed by atoms with Crippen LogP contribution >= 0.6 is 22.6 Å². The second-order valence-electron chi connectivity index (χ2n) is 4.27. The van der Waals surface area contributed by atoms with Crippen LogP contribution in [0.5, 0.6) is 0 Å². The fourth-order valence-corrected chi connectivity index (χ4v) is 2.39. The number of nitrogens with one attached hydrogen (secondary N) is 1. The van der Waals surface area contributed by atoms with Gasteiger partial charge in [-0.3, -0.25) is 4.79 Å². The summed E-state index contributed by atoms with van der Waals surface area (Å²) >= 11 is 2.19. The third kappa shape index (κ3) is 3.94. The van der Waals surface area contributed by atoms with Crippen LogP contribution in [0.2, 0.25) is 0 Å². The van der Waals surface area contributed by atoms with E-state index in [4.69, 9.17) is 0 Å². The summed E-state index contributed by atoms with van der Waals surface area (Å²) in [5, 5.41) is 4.04. The quantitative estimate of drug-likeness (QED) is 0.385. The maximum absolute atomic E-state index is 11.8. The number of amides is 1. The van der Waals surface area contributed by atoms with Gasteiger partial charge < -0.3 is 0 Å². The van der Waals surface area contributed by atoms with Gasteiger partial charge >= 0.3 is 0 Å². The van der Waals surface area contributed by atoms with Gasteiger partial charge in [0.2, 0.25) is 0 Å². The molecule has 0 saturated carbocycles. The largest absolute Gasteiger partial charge is 0.271 e. The number of halogens is 1. The molecule has 0 bridgehead atoms. The topological polar surface area (TPSA) is 41.5 Å². The van der Waals surface area contributed by atoms with Crippen molar-refractivity contribution >= 4 is 34.7 Å². The van der Waals surface area contributed by atoms with Crippen LogP contribution in [0.25, 0.3) is 0 Å². The second kappa shape index (κ2) is 6.68. The highest BCUT2D eigenvalue weighted by Gasteiger charge is 2.07. The molecule has 0 heterocycles. The number of allylic oxidation sites excluding steroid dienone is 2. The molecule has 1 aliphatic carbocycles. The van der Waals surface area contributed by atoms with Crippen molar-refractivity contribution in [3.63, 3.8) is 0 Å². The predicted octanol–water partition coefficient (Wildman–Crippen LogP) is 3.36. The Kier molecular flexibility index (Phi) is 4.92. The van der Waals surface area contributed by atoms with E-state index in [1.807, 2.05) is 24.4 Å². The highest BCUT2D eigenvalue weighted by Crippen LogP contribution is 2.15. The third-order valence-corrected chi connectivity index (χ3v) is 3.52. The Morgan fingerprint density at radius 1 is 1.44 bits per heavy atom. The molecule has 0 aliphatic heterocycles. The first-order valence-corrected chi connectivity index (χ1v) is 7.07. The van der Waals surface area contributed by atoms with Crippen LogP contribution in [-0.2, 0) is 0 Å². The number of nitrogens with zero attached hydrogens (tertiary/aromatic N) is 1. The summed E-state index contributed by atoms with van der Waals surface area (Å²) in [5.74, 6) is 0.294. The van der Waals surface area contributed by atoms with E-state index in [9.17, 15) is 4.79 Å². The molecule has 1 aromatic carbocycles. The van der Waals surface area contributed by atoms with E-state index in [0.29, 0.717) is 11.5 Å². The Hall–Kier alpha value is -1.17. The number of benzene rings is 1. The lowest BCUT2D eigenvalue weighted by Gasteiger charge is -2.11. The molecule has 1 amide bonds. The first-order chi connectivity index (χ1) is 8.75. The minimum absolute atomic E-state index is 0.156. The van der Waals surface area contributed by atoms with Crippen LogP contribution in [0, 0.1) is 9.49 Å². The van der Waals surface area contributed by atoms with Crippen LogP contribution in [0.15, 0.2) is 41.5 Å². The Balaban J connectivity index is 1.88. The van der Waals surface area contributed by atoms with Crippen molar-refractivity contribution in [3.05, 3.63) is 45.6 Å². The minimum Gasteiger partial charge on any atom is -0.267 e. The Labute approximate surface area is 120 Å². The average molecular weight is 354 g/mol. The van der Waals surface area contributed by atoms with Gasteiger partial charge in [0.25, 0.3) is 5.91 Å². The van der Waals surface area contributed by atoms with Gasteiger partial charge in [0, 0.05) is 15.3 Å². The molecule has 3 nitrogen and oxygen atoms in total. The van der Waals surface area contributed by atoms with Crippen molar-refractivity contribution in [2.75, 3.05) is 0 Å². The summed E-state index contributed by atoms with van der Waals surface area (Å²) < 4.78 is 1.04. The molecule has 0 aromatic heterocycles. The van der Waals surface area contributed by atoms with Gasteiger partial charge in [0.15, 0.2) is 0 Å². The van der Waals surface area contributed by atoms with E-state index in [0.717, 1.165) is 22.8 Å². The number of hydrogen-bond donors (Lipinski definition) is 1. The van der Waals surface area contributed by atoms with E-state index in [1.165, 1.54) is 0 Å². The number of rotatable bonds is 3. The molecule has 0 spiro atoms. The van der Waals surface area contributed by atoms with Gasteiger partial charge in [-0.2, -0.15) is 5.10 Å². The molecule has 0 unspecified atom stereocenters. The van der Waals surface area contributed by atoms with Gasteiger partial charge in [-0.15, -0.1) is 0 Å². The first-order valence-electron chi connectivity index (χ1n) is 6.00. The van der Waals surface area contributed by atoms with Gasteiger partial charge in [-0.25, -0.2) is 5.43 Å². The zero-order valence-electron chi connectivity index (χ0n) is 9.97. The summed E-state index contributed by atoms with van der Waals surface area (Å²) in [5.41, 5.74) is 3.22. The Morgan fingerprint density at radius 3 is 3.06 bits per heavy atom. The second-order valence-corrected chi connectivity index (χ2v) is 5.52. The number of hydrogen-bond acceptors (Lipinski definition) is 2. The summed E-state index contributed by atoms with van der Waals surface area (Å²) in [6.07, 6.45) is 9.43. The fourth-order valence-electron chi connectivity index (χ4n) is 1.85. The molecule has 18 heavy (non-hydrogen) atoms. The van der Waals surface area contributed by atoms with Crippen LogP contribution in [0.3, 0.4) is 0 Å². The van der Waals surface area contributed by atoms with Crippen LogP contribution < -0.4 is 5.43 Å². The minimum atomic E-state index is -0.156. The van der Waals surface area contributed by atoms with Crippen molar-refractivity contribution in [2.24, 2.45) is 11.0 Å². The molecule has 4 heteroatoms. The molecule has 0 fully saturated rings. The lowest BCUT2D eigenvalue weighted by molar-refractivity contribution is 0.0955. The van der Waals surface area contributed by atoms with Gasteiger partial charge in [-0.05, 0) is 66.0 Å². The third-order valence-electron chi connectivity index (χ3n) is 2.85. The lowest BCUT2D eigenvalue weighted by Crippen LogP contribution is -2.18. The maximum Gasteiger partial charge on any atom is 0.271 e. The molecule has 1 atom stereocenters. The molecule has 0 saturated heterocycles. The fraction of sp³-hybridized carbons (Fsp3) is 0.286. The van der Waals surface area contributed by atoms with Crippen LogP contribution in [-0.4, -0.2) is 12.1 Å². The average Bonchev–Trinajstić information content (AvgIpc) is 2.40. The predicted molar refractivity (Wildman–Crippen MR) is 81.6 cm³/mol. The van der Waals surface area contributed by atoms with Gasteiger partial charge in [-0.1, -0.05) is 18.2 Å². The molecule has 1 aliphatic rings. The van der Waals surface area contributed by atoms with Crippen molar-refractivity contribution in [2.45, 2.75) is 19.3 Å². The van der Waals surface area contributed by atoms with E-state index in [2.05, 4.69) is 45.3 Å². The summed E-state index contributed by atoms with van der Waals surface area (Å²) in [7, 11) is 0. The Morgan fingerprint density at radius 2 is 2.33 bits per heavy atom. The molecule has 1 N–H and O–H groups in total. The van der Waals surface area contributed by atoms with Crippen LogP contribution in [0.4, 0.5) is 0 Å². The highest BCUT2D eigenvalue weighted by atomic mass is 127. The molecule has 94 valence electrons. The lowest BCUT2D eigenvalue weighted by atomic mass is 9.96. The monoisotopic (exact) mass is 354 g/mol. The van der Waals surface area contributed by atoms with E-state index >= 15 is 0 Å². The molecule has 1 aromatic rings. The van der Waals surface area contributed by atoms with E-state index in [1.54, 1.807) is 6.07 Å². The summed E-state index contributed by atoms with van der Waals surface area (Å²) in [6, 6.07) is 7.45. The molecular weight excluding hydrogens is 339 g/mol. The number of hydrazone groups is 1.